The number of carboxylic acids is 1. The Bertz CT molecular complexity index is 707. The van der Waals surface area contributed by atoms with Crippen molar-refractivity contribution in [1.29, 1.82) is 0 Å². The minimum absolute atomic E-state index is 0.112. The Morgan fingerprint density at radius 1 is 1.48 bits per heavy atom. The number of hydrogen-bond acceptors (Lipinski definition) is 5. The molecule has 2 unspecified atom stereocenters. The Labute approximate surface area is 149 Å². The molecule has 0 radical (unpaired) electrons. The van der Waals surface area contributed by atoms with Crippen LogP contribution in [0.5, 0.6) is 5.75 Å². The average molecular weight is 370 g/mol. The summed E-state index contributed by atoms with van der Waals surface area (Å²) in [5.74, 6) is -0.180. The second-order valence-corrected chi connectivity index (χ2v) is 8.65. The monoisotopic (exact) mass is 370 g/mol. The molecule has 0 aromatic heterocycles. The van der Waals surface area contributed by atoms with E-state index in [0.717, 1.165) is 12.8 Å². The van der Waals surface area contributed by atoms with Crippen LogP contribution in [-0.2, 0) is 14.8 Å². The van der Waals surface area contributed by atoms with Gasteiger partial charge < -0.3 is 9.84 Å². The molecule has 0 amide bonds. The predicted octanol–water partition coefficient (Wildman–Crippen LogP) is 1.42. The topological polar surface area (TPSA) is 87.2 Å². The minimum Gasteiger partial charge on any atom is -0.497 e. The van der Waals surface area contributed by atoms with E-state index in [1.54, 1.807) is 38.4 Å². The van der Waals surface area contributed by atoms with Crippen LogP contribution in [-0.4, -0.2) is 68.7 Å². The molecule has 0 bridgehead atoms. The second-order valence-electron chi connectivity index (χ2n) is 6.56. The fraction of sp³-hybridized carbons (Fsp3) is 0.588. The highest BCUT2D eigenvalue weighted by atomic mass is 32.2. The van der Waals surface area contributed by atoms with E-state index in [2.05, 4.69) is 0 Å². The van der Waals surface area contributed by atoms with E-state index >= 15 is 0 Å². The van der Waals surface area contributed by atoms with Crippen LogP contribution in [0, 0.1) is 5.92 Å². The zero-order valence-electron chi connectivity index (χ0n) is 14.9. The fourth-order valence-corrected chi connectivity index (χ4v) is 3.78. The lowest BCUT2D eigenvalue weighted by molar-refractivity contribution is -0.144. The van der Waals surface area contributed by atoms with Gasteiger partial charge in [-0.05, 0) is 43.0 Å². The maximum atomic E-state index is 11.9. The van der Waals surface area contributed by atoms with Crippen LogP contribution in [0.15, 0.2) is 24.3 Å². The van der Waals surface area contributed by atoms with Crippen LogP contribution in [0.2, 0.25) is 0 Å². The highest BCUT2D eigenvalue weighted by Crippen LogP contribution is 2.29. The molecule has 1 fully saturated rings. The number of nitrogens with zero attached hydrogens (tertiary/aromatic N) is 2. The summed E-state index contributed by atoms with van der Waals surface area (Å²) >= 11 is 0. The Kier molecular flexibility index (Phi) is 6.42. The van der Waals surface area contributed by atoms with Crippen LogP contribution < -0.4 is 4.74 Å². The van der Waals surface area contributed by atoms with Crippen LogP contribution in [0.25, 0.3) is 0 Å². The maximum absolute atomic E-state index is 11.9. The van der Waals surface area contributed by atoms with Crippen LogP contribution >= 0.6 is 0 Å². The molecule has 0 aliphatic carbocycles. The Morgan fingerprint density at radius 2 is 2.20 bits per heavy atom. The Balaban J connectivity index is 2.17. The van der Waals surface area contributed by atoms with Gasteiger partial charge in [-0.25, -0.2) is 12.7 Å². The lowest BCUT2D eigenvalue weighted by atomic mass is 9.94. The van der Waals surface area contributed by atoms with Gasteiger partial charge in [0.2, 0.25) is 10.0 Å². The van der Waals surface area contributed by atoms with Crippen LogP contribution in [0.4, 0.5) is 0 Å². The first-order valence-electron chi connectivity index (χ1n) is 8.24. The third-order valence-corrected chi connectivity index (χ3v) is 5.92. The van der Waals surface area contributed by atoms with Crippen molar-refractivity contribution >= 4 is 16.0 Å². The largest absolute Gasteiger partial charge is 0.497 e. The zero-order valence-corrected chi connectivity index (χ0v) is 15.7. The Morgan fingerprint density at radius 3 is 2.80 bits per heavy atom. The van der Waals surface area contributed by atoms with E-state index in [1.807, 2.05) is 4.90 Å². The van der Waals surface area contributed by atoms with Crippen molar-refractivity contribution in [2.45, 2.75) is 18.9 Å². The smallest absolute Gasteiger partial charge is 0.325 e. The van der Waals surface area contributed by atoms with Crippen LogP contribution in [0.3, 0.4) is 0 Å². The third-order valence-electron chi connectivity index (χ3n) is 4.64. The number of ether oxygens (including phenoxy) is 1. The van der Waals surface area contributed by atoms with Gasteiger partial charge in [-0.1, -0.05) is 12.1 Å². The van der Waals surface area contributed by atoms with E-state index in [9.17, 15) is 18.3 Å². The summed E-state index contributed by atoms with van der Waals surface area (Å²) in [6, 6.07) is 6.32. The zero-order chi connectivity index (χ0) is 18.6. The van der Waals surface area contributed by atoms with E-state index in [0.29, 0.717) is 30.9 Å². The van der Waals surface area contributed by atoms with Crippen molar-refractivity contribution in [2.75, 3.05) is 40.0 Å². The molecular weight excluding hydrogens is 344 g/mol. The van der Waals surface area contributed by atoms with E-state index in [-0.39, 0.29) is 5.92 Å². The molecule has 1 aromatic rings. The van der Waals surface area contributed by atoms with Gasteiger partial charge in [0.15, 0.2) is 0 Å². The highest BCUT2D eigenvalue weighted by Gasteiger charge is 2.32. The standard InChI is InChI=1S/C17H26N2O5S/c1-18(25(3,22)23)11-13-6-5-9-19(12-13)16(17(20)21)14-7-4-8-15(10-14)24-2/h4,7-8,10,13,16H,5-6,9,11-12H2,1-3H3,(H,20,21). The van der Waals surface area contributed by atoms with E-state index in [1.165, 1.54) is 10.6 Å². The predicted molar refractivity (Wildman–Crippen MR) is 95.1 cm³/mol. The average Bonchev–Trinajstić information content (AvgIpc) is 2.54. The summed E-state index contributed by atoms with van der Waals surface area (Å²) in [4.78, 5) is 13.8. The van der Waals surface area contributed by atoms with Crippen molar-refractivity contribution in [3.63, 3.8) is 0 Å². The van der Waals surface area contributed by atoms with E-state index < -0.39 is 22.0 Å². The first-order valence-corrected chi connectivity index (χ1v) is 10.1. The van der Waals surface area contributed by atoms with Crippen molar-refractivity contribution in [1.82, 2.24) is 9.21 Å². The molecular formula is C17H26N2O5S. The normalized spacial score (nSPS) is 20.4. The lowest BCUT2D eigenvalue weighted by Gasteiger charge is -2.37. The molecule has 1 heterocycles. The molecule has 0 spiro atoms. The molecule has 2 rings (SSSR count). The van der Waals surface area contributed by atoms with E-state index in [4.69, 9.17) is 4.74 Å². The summed E-state index contributed by atoms with van der Waals surface area (Å²) in [7, 11) is -0.126. The van der Waals surface area contributed by atoms with Crippen molar-refractivity contribution in [3.8, 4) is 5.75 Å². The Hall–Kier alpha value is -1.64. The van der Waals surface area contributed by atoms with Gasteiger partial charge in [0, 0.05) is 20.1 Å². The number of rotatable bonds is 7. The number of hydrogen-bond donors (Lipinski definition) is 1. The second kappa shape index (κ2) is 8.16. The first kappa shape index (κ1) is 19.7. The molecule has 8 heteroatoms. The molecule has 1 saturated heterocycles. The number of sulfonamides is 1. The molecule has 1 aliphatic rings. The van der Waals surface area contributed by atoms with Gasteiger partial charge in [-0.2, -0.15) is 0 Å². The fourth-order valence-electron chi connectivity index (χ4n) is 3.30. The molecule has 1 aromatic carbocycles. The highest BCUT2D eigenvalue weighted by molar-refractivity contribution is 7.88. The first-order chi connectivity index (χ1) is 11.7. The van der Waals surface area contributed by atoms with Crippen molar-refractivity contribution in [3.05, 3.63) is 29.8 Å². The summed E-state index contributed by atoms with van der Waals surface area (Å²) in [6.45, 7) is 1.63. The summed E-state index contributed by atoms with van der Waals surface area (Å²) < 4.78 is 29.8. The molecule has 2 atom stereocenters. The number of carboxylic acid groups (broad SMARTS) is 1. The van der Waals surface area contributed by atoms with Gasteiger partial charge in [0.05, 0.1) is 13.4 Å². The molecule has 1 N–H and O–H groups in total. The molecule has 7 nitrogen and oxygen atoms in total. The molecule has 140 valence electrons. The van der Waals surface area contributed by atoms with Gasteiger partial charge in [-0.3, -0.25) is 9.69 Å². The number of piperidine rings is 1. The van der Waals surface area contributed by atoms with Gasteiger partial charge >= 0.3 is 5.97 Å². The van der Waals surface area contributed by atoms with Crippen molar-refractivity contribution in [2.24, 2.45) is 5.92 Å². The number of carbonyl (C=O) groups is 1. The summed E-state index contributed by atoms with van der Waals surface area (Å²) in [6.07, 6.45) is 2.92. The molecule has 0 saturated carbocycles. The number of aliphatic carboxylic acids is 1. The quantitative estimate of drug-likeness (QED) is 0.781. The number of methoxy groups -OCH3 is 1. The van der Waals surface area contributed by atoms with Gasteiger partial charge in [-0.15, -0.1) is 0 Å². The maximum Gasteiger partial charge on any atom is 0.325 e. The number of benzene rings is 1. The molecule has 1 aliphatic heterocycles. The van der Waals surface area contributed by atoms with Gasteiger partial charge in [0.1, 0.15) is 11.8 Å². The summed E-state index contributed by atoms with van der Waals surface area (Å²) in [5.41, 5.74) is 0.670. The SMILES string of the molecule is COc1cccc(C(C(=O)O)N2CCCC(CN(C)S(C)(=O)=O)C2)c1. The lowest BCUT2D eigenvalue weighted by Crippen LogP contribution is -2.44. The third kappa shape index (κ3) is 5.17. The van der Waals surface area contributed by atoms with Crippen molar-refractivity contribution < 1.29 is 23.1 Å². The number of likely N-dealkylation sites (tertiary alicyclic amines) is 1. The van der Waals surface area contributed by atoms with Crippen LogP contribution in [0.1, 0.15) is 24.4 Å². The minimum atomic E-state index is -3.24. The molecule has 25 heavy (non-hydrogen) atoms. The summed E-state index contributed by atoms with van der Waals surface area (Å²) in [5, 5.41) is 9.75. The van der Waals surface area contributed by atoms with Gasteiger partial charge in [0.25, 0.3) is 0 Å².